The van der Waals surface area contributed by atoms with Gasteiger partial charge in [0.2, 0.25) is 0 Å². The highest BCUT2D eigenvalue weighted by molar-refractivity contribution is 6.13. The summed E-state index contributed by atoms with van der Waals surface area (Å²) < 4.78 is 14.2. The van der Waals surface area contributed by atoms with Crippen LogP contribution in [0.1, 0.15) is 22.3 Å². The summed E-state index contributed by atoms with van der Waals surface area (Å²) in [6.45, 7) is 15.9. The molecule has 0 N–H and O–H groups in total. The van der Waals surface area contributed by atoms with Crippen molar-refractivity contribution in [3.05, 3.63) is 294 Å². The summed E-state index contributed by atoms with van der Waals surface area (Å²) in [5, 5.41) is 6.61. The van der Waals surface area contributed by atoms with Crippen LogP contribution in [-0.4, -0.2) is 23.7 Å². The van der Waals surface area contributed by atoms with E-state index in [0.717, 1.165) is 128 Å². The lowest BCUT2D eigenvalue weighted by Crippen LogP contribution is -2.32. The quantitative estimate of drug-likeness (QED) is 0.161. The van der Waals surface area contributed by atoms with Crippen LogP contribution in [0, 0.1) is 13.1 Å². The first-order valence-electron chi connectivity index (χ1n) is 27.0. The largest absolute Gasteiger partial charge is 0.457 e. The van der Waals surface area contributed by atoms with Crippen LogP contribution in [0.4, 0.5) is 11.4 Å². The lowest BCUT2D eigenvalue weighted by Gasteiger charge is -2.39. The molecule has 0 atom stereocenters. The Morgan fingerprint density at radius 3 is 1.17 bits per heavy atom. The van der Waals surface area contributed by atoms with Gasteiger partial charge in [0, 0.05) is 62.1 Å². The minimum atomic E-state index is -0.777. The summed E-state index contributed by atoms with van der Waals surface area (Å²) >= 11 is 0. The number of fused-ring (bicyclic) bond motifs is 18. The van der Waals surface area contributed by atoms with E-state index in [0.29, 0.717) is 11.4 Å². The third kappa shape index (κ3) is 6.27. The van der Waals surface area contributed by atoms with Crippen LogP contribution in [0.2, 0.25) is 0 Å². The molecule has 0 saturated carbocycles. The fraction of sp³-hybridized carbons (Fsp3) is 0.0137. The molecule has 0 fully saturated rings. The molecule has 374 valence electrons. The number of rotatable bonds is 5. The van der Waals surface area contributed by atoms with Crippen molar-refractivity contribution in [1.82, 2.24) is 23.7 Å². The maximum Gasteiger partial charge on any atom is 0.188 e. The van der Waals surface area contributed by atoms with E-state index in [1.165, 1.54) is 21.8 Å². The van der Waals surface area contributed by atoms with Gasteiger partial charge in [0.15, 0.2) is 11.4 Å². The molecule has 2 aliphatic rings. The second-order valence-electron chi connectivity index (χ2n) is 21.1. The molecule has 15 aromatic rings. The first-order valence-corrected chi connectivity index (χ1v) is 27.0. The molecule has 0 amide bonds. The Bertz CT molecular complexity index is 5200. The molecule has 0 bridgehead atoms. The van der Waals surface area contributed by atoms with Crippen LogP contribution in [0.3, 0.4) is 0 Å². The van der Waals surface area contributed by atoms with Crippen molar-refractivity contribution in [2.24, 2.45) is 0 Å². The monoisotopic (exact) mass is 1030 g/mol. The normalized spacial score (nSPS) is 12.9. The third-order valence-corrected chi connectivity index (χ3v) is 17.0. The first-order chi connectivity index (χ1) is 40.0. The Morgan fingerprint density at radius 2 is 0.704 bits per heavy atom. The molecule has 10 aromatic carbocycles. The number of ether oxygens (including phenoxy) is 1. The number of hydrogen-bond donors (Lipinski definition) is 0. The molecule has 1 spiro atoms. The smallest absolute Gasteiger partial charge is 0.188 e. The fourth-order valence-electron chi connectivity index (χ4n) is 13.6. The molecule has 6 heterocycles. The Morgan fingerprint density at radius 1 is 0.321 bits per heavy atom. The number of pyridine rings is 2. The van der Waals surface area contributed by atoms with Gasteiger partial charge in [-0.15, -0.1) is 0 Å². The van der Waals surface area contributed by atoms with Crippen LogP contribution in [0.15, 0.2) is 249 Å². The van der Waals surface area contributed by atoms with E-state index in [1.807, 2.05) is 54.9 Å². The topological polar surface area (TPSA) is 58.5 Å². The summed E-state index contributed by atoms with van der Waals surface area (Å²) in [7, 11) is 0. The number of hydrogen-bond acceptors (Lipinski definition) is 3. The van der Waals surface area contributed by atoms with Crippen LogP contribution >= 0.6 is 0 Å². The zero-order valence-electron chi connectivity index (χ0n) is 43.2. The highest BCUT2D eigenvalue weighted by Gasteiger charge is 2.52. The Labute approximate surface area is 464 Å². The van der Waals surface area contributed by atoms with Gasteiger partial charge in [0.05, 0.1) is 63.0 Å². The van der Waals surface area contributed by atoms with Crippen LogP contribution in [-0.2, 0) is 5.41 Å². The summed E-state index contributed by atoms with van der Waals surface area (Å²) in [6, 6.07) is 83.4. The summed E-state index contributed by atoms with van der Waals surface area (Å²) in [4.78, 5) is 17.7. The maximum absolute atomic E-state index is 8.03. The van der Waals surface area contributed by atoms with Crippen molar-refractivity contribution in [2.45, 2.75) is 5.41 Å². The first kappa shape index (κ1) is 44.8. The summed E-state index contributed by atoms with van der Waals surface area (Å²) in [5.74, 6) is 1.50. The molecule has 81 heavy (non-hydrogen) atoms. The predicted octanol–water partition coefficient (Wildman–Crippen LogP) is 18.7. The van der Waals surface area contributed by atoms with Gasteiger partial charge >= 0.3 is 0 Å². The number of para-hydroxylation sites is 3. The van der Waals surface area contributed by atoms with E-state index in [4.69, 9.17) is 27.8 Å². The lowest BCUT2D eigenvalue weighted by molar-refractivity contribution is 0.436. The third-order valence-electron chi connectivity index (χ3n) is 17.0. The number of nitrogens with zero attached hydrogens (tertiary/aromatic N) is 7. The van der Waals surface area contributed by atoms with Crippen LogP contribution in [0.25, 0.3) is 126 Å². The van der Waals surface area contributed by atoms with Crippen LogP contribution in [0.5, 0.6) is 11.5 Å². The van der Waals surface area contributed by atoms with Gasteiger partial charge in [-0.2, -0.15) is 0 Å². The molecular weight excluding hydrogens is 991 g/mol. The average Bonchev–Trinajstić information content (AvgIpc) is 3.31. The van der Waals surface area contributed by atoms with Gasteiger partial charge in [0.1, 0.15) is 11.5 Å². The number of aromatic nitrogens is 5. The molecule has 8 nitrogen and oxygen atoms in total. The van der Waals surface area contributed by atoms with E-state index < -0.39 is 5.41 Å². The highest BCUT2D eigenvalue weighted by atomic mass is 16.5. The van der Waals surface area contributed by atoms with Gasteiger partial charge in [-0.1, -0.05) is 115 Å². The van der Waals surface area contributed by atoms with Crippen molar-refractivity contribution in [1.29, 1.82) is 0 Å². The molecule has 0 unspecified atom stereocenters. The van der Waals surface area contributed by atoms with Crippen molar-refractivity contribution in [3.8, 4) is 62.2 Å². The minimum absolute atomic E-state index is 0.591. The molecule has 8 heteroatoms. The highest BCUT2D eigenvalue weighted by Crippen LogP contribution is 2.62. The zero-order valence-corrected chi connectivity index (χ0v) is 43.2. The second-order valence-corrected chi connectivity index (χ2v) is 21.1. The number of benzene rings is 10. The van der Waals surface area contributed by atoms with E-state index in [9.17, 15) is 0 Å². The molecule has 0 radical (unpaired) electrons. The van der Waals surface area contributed by atoms with E-state index >= 15 is 0 Å². The lowest BCUT2D eigenvalue weighted by atomic mass is 9.66. The molecule has 5 aromatic heterocycles. The van der Waals surface area contributed by atoms with Crippen molar-refractivity contribution in [3.63, 3.8) is 0 Å². The molecule has 1 aliphatic heterocycles. The average molecular weight is 1030 g/mol. The molecule has 0 saturated heterocycles. The SMILES string of the molecule is [C-]#[N+]c1ccc2c(c1)c1cc(-c3ccc4c(c3)Oc3cc(-c5ccc6c(c5)c5cc([N+]#[C-])ccc5n6-c5ccc(-n6c7ccccc7c7ccccc76)cc5)ccc3C43c4cccnc4-c4ncccc43)ccc1n2-c1ccccc1. The second kappa shape index (κ2) is 16.8. The molecule has 1 aliphatic carbocycles. The Balaban J connectivity index is 0.814. The van der Waals surface area contributed by atoms with Crippen molar-refractivity contribution >= 4 is 76.8 Å². The summed E-state index contributed by atoms with van der Waals surface area (Å²) in [6.07, 6.45) is 3.71. The van der Waals surface area contributed by atoms with Crippen LogP contribution < -0.4 is 4.74 Å². The van der Waals surface area contributed by atoms with Gasteiger partial charge in [-0.25, -0.2) is 9.69 Å². The standard InChI is InChI=1S/C73H41N7O/c1-74-48-24-34-67-57(42-48)55-38-44(22-32-65(55)78(67)50-12-4-3-5-13-50)46-20-30-59-69(40-46)81-70-41-47(21-31-60(70)73(59)61-16-10-36-76-71(61)72-62(73)17-11-37-77-72)45-23-33-66-56(39-45)58-43-49(75-2)25-35-68(58)80(66)52-28-26-51(27-29-52)79-63-18-8-6-14-53(63)54-15-7-9-19-64(54)79/h3-43H. The zero-order chi connectivity index (χ0) is 53.5. The van der Waals surface area contributed by atoms with E-state index in [-0.39, 0.29) is 0 Å². The molecular formula is C73H41N7O. The fourth-order valence-corrected chi connectivity index (χ4v) is 13.6. The van der Waals surface area contributed by atoms with Gasteiger partial charge in [-0.05, 0) is 165 Å². The van der Waals surface area contributed by atoms with E-state index in [1.54, 1.807) is 0 Å². The Hall–Kier alpha value is -11.3. The van der Waals surface area contributed by atoms with Gasteiger partial charge < -0.3 is 18.4 Å². The maximum atomic E-state index is 8.03. The van der Waals surface area contributed by atoms with Crippen molar-refractivity contribution in [2.75, 3.05) is 0 Å². The van der Waals surface area contributed by atoms with E-state index in [2.05, 4.69) is 218 Å². The van der Waals surface area contributed by atoms with Crippen molar-refractivity contribution < 1.29 is 4.74 Å². The minimum Gasteiger partial charge on any atom is -0.457 e. The predicted molar refractivity (Wildman–Crippen MR) is 326 cm³/mol. The molecule has 17 rings (SSSR count). The van der Waals surface area contributed by atoms with Gasteiger partial charge in [-0.3, -0.25) is 9.97 Å². The Kier molecular flexibility index (Phi) is 9.31. The van der Waals surface area contributed by atoms with Gasteiger partial charge in [0.25, 0.3) is 0 Å². The summed E-state index contributed by atoms with van der Waals surface area (Å²) in [5.41, 5.74) is 20.0.